The first-order valence-electron chi connectivity index (χ1n) is 8.34. The van der Waals surface area contributed by atoms with Gasteiger partial charge in [0.1, 0.15) is 0 Å². The molecule has 1 saturated heterocycles. The van der Waals surface area contributed by atoms with Crippen LogP contribution < -0.4 is 0 Å². The number of halogens is 3. The van der Waals surface area contributed by atoms with E-state index in [1.807, 2.05) is 6.92 Å². The van der Waals surface area contributed by atoms with E-state index in [2.05, 4.69) is 11.0 Å². The minimum atomic E-state index is -4.11. The van der Waals surface area contributed by atoms with Crippen LogP contribution in [0.15, 0.2) is 0 Å². The molecule has 1 atom stereocenters. The van der Waals surface area contributed by atoms with E-state index in [4.69, 9.17) is 5.26 Å². The lowest BCUT2D eigenvalue weighted by Gasteiger charge is -2.46. The molecular formula is C16H26F3N3. The molecule has 1 heterocycles. The predicted octanol–water partition coefficient (Wildman–Crippen LogP) is 3.42. The first-order valence-corrected chi connectivity index (χ1v) is 8.34. The van der Waals surface area contributed by atoms with Gasteiger partial charge in [-0.3, -0.25) is 9.80 Å². The highest BCUT2D eigenvalue weighted by molar-refractivity contribution is 4.89. The highest BCUT2D eigenvalue weighted by Gasteiger charge is 2.37. The van der Waals surface area contributed by atoms with Crippen LogP contribution in [0.3, 0.4) is 0 Å². The Bertz CT molecular complexity index is 383. The van der Waals surface area contributed by atoms with Gasteiger partial charge in [-0.25, -0.2) is 0 Å². The number of piperazine rings is 1. The van der Waals surface area contributed by atoms with Crippen LogP contribution >= 0.6 is 0 Å². The molecule has 0 N–H and O–H groups in total. The molecule has 2 rings (SSSR count). The van der Waals surface area contributed by atoms with E-state index in [1.54, 1.807) is 4.90 Å². The number of hydrogen-bond acceptors (Lipinski definition) is 3. The Morgan fingerprint density at radius 3 is 2.36 bits per heavy atom. The summed E-state index contributed by atoms with van der Waals surface area (Å²) in [7, 11) is 0. The minimum absolute atomic E-state index is 0.00667. The maximum absolute atomic E-state index is 12.6. The fraction of sp³-hybridized carbons (Fsp3) is 0.938. The molecule has 0 amide bonds. The van der Waals surface area contributed by atoms with Gasteiger partial charge in [-0.05, 0) is 38.0 Å². The summed E-state index contributed by atoms with van der Waals surface area (Å²) in [4.78, 5) is 3.99. The van der Waals surface area contributed by atoms with Crippen molar-refractivity contribution < 1.29 is 13.2 Å². The molecule has 1 aliphatic heterocycles. The van der Waals surface area contributed by atoms with Gasteiger partial charge in [0, 0.05) is 38.1 Å². The lowest BCUT2D eigenvalue weighted by molar-refractivity contribution is -0.157. The summed E-state index contributed by atoms with van der Waals surface area (Å²) in [6, 6.07) is 2.75. The van der Waals surface area contributed by atoms with Crippen molar-refractivity contribution in [3.8, 4) is 6.07 Å². The molecule has 0 aromatic carbocycles. The Labute approximate surface area is 131 Å². The van der Waals surface area contributed by atoms with Crippen molar-refractivity contribution >= 4 is 0 Å². The Kier molecular flexibility index (Phi) is 6.10. The number of rotatable bonds is 4. The molecule has 126 valence electrons. The van der Waals surface area contributed by atoms with Gasteiger partial charge in [-0.15, -0.1) is 0 Å². The molecule has 0 radical (unpaired) electrons. The average Bonchev–Trinajstić information content (AvgIpc) is 2.47. The molecule has 0 bridgehead atoms. The standard InChI is InChI=1S/C16H26F3N3/c1-2-14-11-21(9-10-22(14)12-16(17,18)19)15-5-3-13(4-6-15)7-8-20/h13-15H,2-7,9-12H2,1H3. The van der Waals surface area contributed by atoms with Crippen molar-refractivity contribution in [3.05, 3.63) is 0 Å². The maximum Gasteiger partial charge on any atom is 0.401 e. The zero-order valence-electron chi connectivity index (χ0n) is 13.3. The highest BCUT2D eigenvalue weighted by atomic mass is 19.4. The minimum Gasteiger partial charge on any atom is -0.298 e. The van der Waals surface area contributed by atoms with Gasteiger partial charge in [0.2, 0.25) is 0 Å². The van der Waals surface area contributed by atoms with Gasteiger partial charge in [-0.1, -0.05) is 6.92 Å². The van der Waals surface area contributed by atoms with Crippen LogP contribution in [0.1, 0.15) is 45.4 Å². The molecule has 3 nitrogen and oxygen atoms in total. The second kappa shape index (κ2) is 7.65. The summed E-state index contributed by atoms with van der Waals surface area (Å²) < 4.78 is 37.9. The summed E-state index contributed by atoms with van der Waals surface area (Å²) in [6.45, 7) is 3.19. The molecule has 22 heavy (non-hydrogen) atoms. The Morgan fingerprint density at radius 1 is 1.14 bits per heavy atom. The fourth-order valence-electron chi connectivity index (χ4n) is 3.92. The quantitative estimate of drug-likeness (QED) is 0.796. The van der Waals surface area contributed by atoms with E-state index in [1.165, 1.54) is 0 Å². The van der Waals surface area contributed by atoms with Crippen molar-refractivity contribution in [2.45, 2.75) is 63.7 Å². The molecule has 2 fully saturated rings. The van der Waals surface area contributed by atoms with Crippen LogP contribution in [0.2, 0.25) is 0 Å². The van der Waals surface area contributed by atoms with Crippen molar-refractivity contribution in [3.63, 3.8) is 0 Å². The highest BCUT2D eigenvalue weighted by Crippen LogP contribution is 2.31. The third-order valence-electron chi connectivity index (χ3n) is 5.20. The summed E-state index contributed by atoms with van der Waals surface area (Å²) in [5.41, 5.74) is 0. The van der Waals surface area contributed by atoms with E-state index in [-0.39, 0.29) is 6.04 Å². The summed E-state index contributed by atoms with van der Waals surface area (Å²) in [5, 5.41) is 8.76. The smallest absolute Gasteiger partial charge is 0.298 e. The average molecular weight is 317 g/mol. The molecular weight excluding hydrogens is 291 g/mol. The topological polar surface area (TPSA) is 30.3 Å². The lowest BCUT2D eigenvalue weighted by atomic mass is 9.83. The van der Waals surface area contributed by atoms with Crippen molar-refractivity contribution in [2.75, 3.05) is 26.2 Å². The number of nitrogens with zero attached hydrogens (tertiary/aromatic N) is 3. The lowest BCUT2D eigenvalue weighted by Crippen LogP contribution is -2.57. The SMILES string of the molecule is CCC1CN(C2CCC(CC#N)CC2)CCN1CC(F)(F)F. The largest absolute Gasteiger partial charge is 0.401 e. The Hall–Kier alpha value is -0.800. The molecule has 0 aromatic heterocycles. The molecule has 0 spiro atoms. The van der Waals surface area contributed by atoms with Gasteiger partial charge >= 0.3 is 6.18 Å². The van der Waals surface area contributed by atoms with Crippen LogP contribution in [-0.4, -0.2) is 54.2 Å². The van der Waals surface area contributed by atoms with Crippen LogP contribution in [-0.2, 0) is 0 Å². The van der Waals surface area contributed by atoms with Gasteiger partial charge in [0.15, 0.2) is 0 Å². The monoisotopic (exact) mass is 317 g/mol. The van der Waals surface area contributed by atoms with Gasteiger partial charge in [0.05, 0.1) is 12.6 Å². The maximum atomic E-state index is 12.6. The molecule has 1 aliphatic carbocycles. The molecule has 0 aromatic rings. The van der Waals surface area contributed by atoms with Gasteiger partial charge < -0.3 is 0 Å². The summed E-state index contributed by atoms with van der Waals surface area (Å²) >= 11 is 0. The number of nitriles is 1. The van der Waals surface area contributed by atoms with E-state index < -0.39 is 12.7 Å². The van der Waals surface area contributed by atoms with Crippen molar-refractivity contribution in [2.24, 2.45) is 5.92 Å². The summed E-state index contributed by atoms with van der Waals surface area (Å²) in [5.74, 6) is 0.523. The van der Waals surface area contributed by atoms with E-state index in [0.717, 1.165) is 45.2 Å². The summed E-state index contributed by atoms with van der Waals surface area (Å²) in [6.07, 6.45) is 1.63. The van der Waals surface area contributed by atoms with E-state index in [0.29, 0.717) is 24.9 Å². The van der Waals surface area contributed by atoms with Crippen LogP contribution in [0.4, 0.5) is 13.2 Å². The van der Waals surface area contributed by atoms with E-state index in [9.17, 15) is 13.2 Å². The van der Waals surface area contributed by atoms with Gasteiger partial charge in [0.25, 0.3) is 0 Å². The van der Waals surface area contributed by atoms with Crippen molar-refractivity contribution in [1.29, 1.82) is 5.26 Å². The second-order valence-electron chi connectivity index (χ2n) is 6.68. The molecule has 1 saturated carbocycles. The first kappa shape index (κ1) is 17.6. The number of alkyl halides is 3. The normalized spacial score (nSPS) is 31.9. The zero-order valence-corrected chi connectivity index (χ0v) is 13.3. The van der Waals surface area contributed by atoms with Gasteiger partial charge in [-0.2, -0.15) is 18.4 Å². The van der Waals surface area contributed by atoms with E-state index >= 15 is 0 Å². The van der Waals surface area contributed by atoms with Crippen LogP contribution in [0.25, 0.3) is 0 Å². The Morgan fingerprint density at radius 2 is 1.82 bits per heavy atom. The molecule has 2 aliphatic rings. The first-order chi connectivity index (χ1) is 10.4. The third-order valence-corrected chi connectivity index (χ3v) is 5.20. The Balaban J connectivity index is 1.85. The number of hydrogen-bond donors (Lipinski definition) is 0. The van der Waals surface area contributed by atoms with Crippen molar-refractivity contribution in [1.82, 2.24) is 9.80 Å². The molecule has 1 unspecified atom stereocenters. The second-order valence-corrected chi connectivity index (χ2v) is 6.68. The van der Waals surface area contributed by atoms with Crippen LogP contribution in [0, 0.1) is 17.2 Å². The molecule has 6 heteroatoms. The van der Waals surface area contributed by atoms with Crippen LogP contribution in [0.5, 0.6) is 0 Å². The zero-order chi connectivity index (χ0) is 16.2. The fourth-order valence-corrected chi connectivity index (χ4v) is 3.92. The third kappa shape index (κ3) is 4.85. The predicted molar refractivity (Wildman–Crippen MR) is 79.3 cm³/mol.